The minimum atomic E-state index is -0.793. The predicted octanol–water partition coefficient (Wildman–Crippen LogP) is 2.33. The summed E-state index contributed by atoms with van der Waals surface area (Å²) in [5.41, 5.74) is 0.666. The van der Waals surface area contributed by atoms with Crippen LogP contribution in [0.5, 0.6) is 5.75 Å². The van der Waals surface area contributed by atoms with Gasteiger partial charge in [-0.15, -0.1) is 24.9 Å². The van der Waals surface area contributed by atoms with E-state index in [1.807, 2.05) is 6.92 Å². The molecule has 0 aromatic heterocycles. The minimum Gasteiger partial charge on any atom is -0.497 e. The largest absolute Gasteiger partial charge is 0.497 e. The zero-order valence-corrected chi connectivity index (χ0v) is 22.0. The Labute approximate surface area is 216 Å². The number of hydrogen-bond acceptors (Lipinski definition) is 6. The van der Waals surface area contributed by atoms with Crippen molar-refractivity contribution >= 4 is 35.2 Å². The van der Waals surface area contributed by atoms with Gasteiger partial charge < -0.3 is 24.5 Å². The van der Waals surface area contributed by atoms with Crippen molar-refractivity contribution in [2.45, 2.75) is 35.3 Å². The van der Waals surface area contributed by atoms with Crippen molar-refractivity contribution in [2.24, 2.45) is 11.8 Å². The molecule has 3 aliphatic heterocycles. The van der Waals surface area contributed by atoms with Gasteiger partial charge in [0.05, 0.1) is 30.3 Å². The van der Waals surface area contributed by atoms with E-state index in [2.05, 4.69) is 13.2 Å². The van der Waals surface area contributed by atoms with Crippen LogP contribution in [0.4, 0.5) is 5.69 Å². The molecule has 5 atom stereocenters. The first-order valence-corrected chi connectivity index (χ1v) is 13.0. The molecule has 3 saturated heterocycles. The van der Waals surface area contributed by atoms with Gasteiger partial charge in [0.25, 0.3) is 5.91 Å². The molecule has 0 saturated carbocycles. The number of likely N-dealkylation sites (tertiary alicyclic amines) is 1. The van der Waals surface area contributed by atoms with Gasteiger partial charge in [0.1, 0.15) is 11.8 Å². The van der Waals surface area contributed by atoms with Crippen molar-refractivity contribution in [1.29, 1.82) is 0 Å². The summed E-state index contributed by atoms with van der Waals surface area (Å²) in [5, 5.41) is 9.83. The number of nitrogens with zero attached hydrogens (tertiary/aromatic N) is 3. The molecule has 1 aromatic carbocycles. The molecule has 3 fully saturated rings. The van der Waals surface area contributed by atoms with E-state index in [0.717, 1.165) is 6.42 Å². The number of hydrogen-bond donors (Lipinski definition) is 1. The van der Waals surface area contributed by atoms with E-state index in [9.17, 15) is 19.5 Å². The zero-order chi connectivity index (χ0) is 26.3. The third-order valence-electron chi connectivity index (χ3n) is 7.86. The molecule has 4 rings (SSSR count). The van der Waals surface area contributed by atoms with Gasteiger partial charge in [-0.25, -0.2) is 0 Å². The lowest BCUT2D eigenvalue weighted by Gasteiger charge is -2.37. The number of aliphatic hydroxyl groups is 1. The fourth-order valence-electron chi connectivity index (χ4n) is 6.31. The zero-order valence-electron chi connectivity index (χ0n) is 21.2. The summed E-state index contributed by atoms with van der Waals surface area (Å²) < 4.78 is 4.08. The second-order valence-electron chi connectivity index (χ2n) is 9.93. The van der Waals surface area contributed by atoms with Crippen LogP contribution < -0.4 is 9.64 Å². The van der Waals surface area contributed by atoms with E-state index in [1.165, 1.54) is 4.90 Å². The predicted molar refractivity (Wildman–Crippen MR) is 141 cm³/mol. The van der Waals surface area contributed by atoms with Crippen LogP contribution in [0.3, 0.4) is 0 Å². The van der Waals surface area contributed by atoms with Gasteiger partial charge in [-0.3, -0.25) is 14.4 Å². The van der Waals surface area contributed by atoms with Gasteiger partial charge in [0.15, 0.2) is 0 Å². The molecule has 0 radical (unpaired) electrons. The summed E-state index contributed by atoms with van der Waals surface area (Å²) in [4.78, 5) is 46.6. The molecule has 2 bridgehead atoms. The number of benzene rings is 1. The molecule has 36 heavy (non-hydrogen) atoms. The Hall–Kier alpha value is -2.78. The van der Waals surface area contributed by atoms with E-state index in [0.29, 0.717) is 24.4 Å². The van der Waals surface area contributed by atoms with Crippen LogP contribution in [-0.2, 0) is 14.4 Å². The summed E-state index contributed by atoms with van der Waals surface area (Å²) in [5.74, 6) is -1.04. The number of amides is 3. The molecule has 9 heteroatoms. The van der Waals surface area contributed by atoms with Crippen LogP contribution in [0.1, 0.15) is 19.8 Å². The second-order valence-corrected chi connectivity index (χ2v) is 11.8. The molecule has 194 valence electrons. The van der Waals surface area contributed by atoms with Crippen LogP contribution in [0.15, 0.2) is 49.6 Å². The Morgan fingerprint density at radius 1 is 1.19 bits per heavy atom. The molecule has 0 aliphatic carbocycles. The summed E-state index contributed by atoms with van der Waals surface area (Å²) >= 11 is 1.62. The fraction of sp³-hybridized carbons (Fsp3) is 0.519. The average molecular weight is 514 g/mol. The van der Waals surface area contributed by atoms with E-state index >= 15 is 0 Å². The molecule has 1 N–H and O–H groups in total. The number of ether oxygens (including phenoxy) is 1. The number of carbonyl (C=O) groups excluding carboxylic acids is 3. The third-order valence-corrected chi connectivity index (χ3v) is 9.84. The molecule has 3 aliphatic rings. The standard InChI is InChI=1S/C27H35N3O5S/c1-6-14-28(4)23(32)20-21-24(33)30(16-17-31)22(27(21)13-12-26(20,3)36-27)25(34)29(15-7-2)18-8-10-19(35-5)11-9-18/h6-11,20-22,31H,1-2,12-17H2,3-5H3/t20-,21-,22?,26+,27?/m0/s1. The average Bonchev–Trinajstić information content (AvgIpc) is 3.43. The number of thioether (sulfide) groups is 1. The van der Waals surface area contributed by atoms with Crippen molar-refractivity contribution in [3.8, 4) is 5.75 Å². The topological polar surface area (TPSA) is 90.4 Å². The van der Waals surface area contributed by atoms with Crippen molar-refractivity contribution in [1.82, 2.24) is 9.80 Å². The Kier molecular flexibility index (Phi) is 7.26. The maximum absolute atomic E-state index is 14.3. The van der Waals surface area contributed by atoms with Crippen LogP contribution >= 0.6 is 11.8 Å². The summed E-state index contributed by atoms with van der Waals surface area (Å²) in [6, 6.07) is 6.39. The number of methoxy groups -OCH3 is 1. The summed E-state index contributed by atoms with van der Waals surface area (Å²) in [6.45, 7) is 10.0. The number of β-amino-alcohol motifs (C(OH)–C–C–N with tert-alkyl or cyclic N) is 1. The SMILES string of the molecule is C=CCN(C)C(=O)[C@@H]1[C@H]2C(=O)N(CCO)C(C(=O)N(CC=C)c3ccc(OC)cc3)C23CC[C@@]1(C)S3. The molecule has 3 heterocycles. The highest BCUT2D eigenvalue weighted by Crippen LogP contribution is 2.71. The van der Waals surface area contributed by atoms with Gasteiger partial charge in [-0.05, 0) is 44.0 Å². The van der Waals surface area contributed by atoms with Crippen molar-refractivity contribution in [3.63, 3.8) is 0 Å². The van der Waals surface area contributed by atoms with Crippen molar-refractivity contribution in [3.05, 3.63) is 49.6 Å². The number of rotatable bonds is 10. The minimum absolute atomic E-state index is 0.0404. The lowest BCUT2D eigenvalue weighted by Crippen LogP contribution is -2.55. The fourth-order valence-corrected chi connectivity index (χ4v) is 8.66. The van der Waals surface area contributed by atoms with Crippen LogP contribution in [0, 0.1) is 11.8 Å². The van der Waals surface area contributed by atoms with Gasteiger partial charge in [0, 0.05) is 37.1 Å². The molecular formula is C27H35N3O5S. The maximum Gasteiger partial charge on any atom is 0.251 e. The van der Waals surface area contributed by atoms with E-state index in [1.54, 1.807) is 72.1 Å². The molecule has 8 nitrogen and oxygen atoms in total. The Balaban J connectivity index is 1.77. The van der Waals surface area contributed by atoms with E-state index in [-0.39, 0.29) is 37.4 Å². The number of carbonyl (C=O) groups is 3. The van der Waals surface area contributed by atoms with Crippen molar-refractivity contribution in [2.75, 3.05) is 45.3 Å². The number of anilines is 1. The van der Waals surface area contributed by atoms with Crippen molar-refractivity contribution < 1.29 is 24.2 Å². The molecule has 1 spiro atoms. The van der Waals surface area contributed by atoms with Crippen LogP contribution in [0.2, 0.25) is 0 Å². The highest BCUT2D eigenvalue weighted by atomic mass is 32.2. The Morgan fingerprint density at radius 2 is 1.86 bits per heavy atom. The third kappa shape index (κ3) is 3.93. The molecular weight excluding hydrogens is 478 g/mol. The second kappa shape index (κ2) is 9.94. The van der Waals surface area contributed by atoms with E-state index < -0.39 is 27.4 Å². The number of likely N-dealkylation sites (N-methyl/N-ethyl adjacent to an activating group) is 1. The number of fused-ring (bicyclic) bond motifs is 1. The van der Waals surface area contributed by atoms with Gasteiger partial charge >= 0.3 is 0 Å². The first-order valence-electron chi connectivity index (χ1n) is 12.2. The first kappa shape index (κ1) is 26.3. The molecule has 3 amide bonds. The van der Waals surface area contributed by atoms with Crippen LogP contribution in [-0.4, -0.2) is 88.6 Å². The summed E-state index contributed by atoms with van der Waals surface area (Å²) in [7, 11) is 3.30. The van der Waals surface area contributed by atoms with Gasteiger partial charge in [-0.2, -0.15) is 0 Å². The van der Waals surface area contributed by atoms with Gasteiger partial charge in [0.2, 0.25) is 11.8 Å². The maximum atomic E-state index is 14.3. The quantitative estimate of drug-likeness (QED) is 0.483. The Morgan fingerprint density at radius 3 is 2.44 bits per heavy atom. The van der Waals surface area contributed by atoms with Gasteiger partial charge in [-0.1, -0.05) is 12.2 Å². The monoisotopic (exact) mass is 513 g/mol. The highest BCUT2D eigenvalue weighted by molar-refractivity contribution is 8.02. The normalized spacial score (nSPS) is 30.2. The molecule has 1 aromatic rings. The smallest absolute Gasteiger partial charge is 0.251 e. The number of aliphatic hydroxyl groups excluding tert-OH is 1. The lowest BCUT2D eigenvalue weighted by atomic mass is 9.66. The highest BCUT2D eigenvalue weighted by Gasteiger charge is 2.77. The van der Waals surface area contributed by atoms with E-state index in [4.69, 9.17) is 4.74 Å². The first-order chi connectivity index (χ1) is 17.2. The lowest BCUT2D eigenvalue weighted by molar-refractivity contribution is -0.144. The molecule has 2 unspecified atom stereocenters. The van der Waals surface area contributed by atoms with Crippen LogP contribution in [0.25, 0.3) is 0 Å². The Bertz CT molecular complexity index is 1060. The summed E-state index contributed by atoms with van der Waals surface area (Å²) in [6.07, 6.45) is 4.71.